The molecule has 2 aliphatic rings. The number of primary amides is 1. The molecule has 0 aromatic heterocycles. The first kappa shape index (κ1) is 13.6. The van der Waals surface area contributed by atoms with Crippen molar-refractivity contribution in [1.29, 1.82) is 0 Å². The highest BCUT2D eigenvalue weighted by molar-refractivity contribution is 5.64. The highest BCUT2D eigenvalue weighted by atomic mass is 16.5. The summed E-state index contributed by atoms with van der Waals surface area (Å²) in [6.07, 6.45) is 5.56. The summed E-state index contributed by atoms with van der Waals surface area (Å²) in [5.74, 6) is 0. The average molecular weight is 255 g/mol. The van der Waals surface area contributed by atoms with Gasteiger partial charge in [-0.25, -0.2) is 4.79 Å². The zero-order valence-electron chi connectivity index (χ0n) is 11.2. The molecule has 18 heavy (non-hydrogen) atoms. The van der Waals surface area contributed by atoms with Gasteiger partial charge in [0.05, 0.1) is 0 Å². The fourth-order valence-corrected chi connectivity index (χ4v) is 3.41. The summed E-state index contributed by atoms with van der Waals surface area (Å²) in [4.78, 5) is 13.1. The first-order chi connectivity index (χ1) is 8.70. The Balaban J connectivity index is 1.77. The third-order valence-electron chi connectivity index (χ3n) is 4.16. The zero-order valence-corrected chi connectivity index (χ0v) is 11.2. The minimum Gasteiger partial charge on any atom is -0.448 e. The van der Waals surface area contributed by atoms with Gasteiger partial charge < -0.3 is 15.8 Å². The molecule has 2 saturated heterocycles. The van der Waals surface area contributed by atoms with E-state index in [4.69, 9.17) is 10.5 Å². The second-order valence-corrected chi connectivity index (χ2v) is 5.41. The van der Waals surface area contributed by atoms with Crippen LogP contribution in [-0.2, 0) is 4.74 Å². The van der Waals surface area contributed by atoms with E-state index in [1.54, 1.807) is 0 Å². The molecular formula is C13H25N3O2. The fraction of sp³-hybridized carbons (Fsp3) is 0.923. The monoisotopic (exact) mass is 255 g/mol. The molecule has 2 aliphatic heterocycles. The molecule has 5 nitrogen and oxygen atoms in total. The van der Waals surface area contributed by atoms with Crippen LogP contribution in [0.25, 0.3) is 0 Å². The van der Waals surface area contributed by atoms with Crippen molar-refractivity contribution in [3.63, 3.8) is 0 Å². The molecule has 104 valence electrons. The molecule has 2 fully saturated rings. The molecule has 0 spiro atoms. The molecule has 0 aliphatic carbocycles. The van der Waals surface area contributed by atoms with E-state index in [9.17, 15) is 4.79 Å². The lowest BCUT2D eigenvalue weighted by Crippen LogP contribution is -2.50. The smallest absolute Gasteiger partial charge is 0.404 e. The summed E-state index contributed by atoms with van der Waals surface area (Å²) in [7, 11) is 0. The Hall–Kier alpha value is -0.810. The van der Waals surface area contributed by atoms with Crippen molar-refractivity contribution >= 4 is 6.09 Å². The van der Waals surface area contributed by atoms with Gasteiger partial charge in [0.1, 0.15) is 6.61 Å². The Kier molecular flexibility index (Phi) is 4.83. The molecule has 0 aromatic carbocycles. The number of piperidine rings is 1. The maximum atomic E-state index is 10.6. The molecule has 5 heteroatoms. The number of rotatable bonds is 6. The Morgan fingerprint density at radius 1 is 1.39 bits per heavy atom. The van der Waals surface area contributed by atoms with Crippen LogP contribution >= 0.6 is 0 Å². The maximum Gasteiger partial charge on any atom is 0.404 e. The van der Waals surface area contributed by atoms with Crippen molar-refractivity contribution in [1.82, 2.24) is 10.2 Å². The van der Waals surface area contributed by atoms with Gasteiger partial charge in [0.15, 0.2) is 0 Å². The van der Waals surface area contributed by atoms with Crippen LogP contribution in [0.15, 0.2) is 0 Å². The van der Waals surface area contributed by atoms with E-state index in [1.807, 2.05) is 0 Å². The van der Waals surface area contributed by atoms with Crippen LogP contribution in [0.1, 0.15) is 39.0 Å². The molecule has 2 atom stereocenters. The second kappa shape index (κ2) is 6.38. The first-order valence-corrected chi connectivity index (χ1v) is 7.12. The predicted octanol–water partition coefficient (Wildman–Crippen LogP) is 1.08. The lowest BCUT2D eigenvalue weighted by molar-refractivity contribution is 0.0817. The Labute approximate surface area is 109 Å². The van der Waals surface area contributed by atoms with Crippen LogP contribution in [0.2, 0.25) is 0 Å². The highest BCUT2D eigenvalue weighted by Crippen LogP contribution is 2.35. The number of fused-ring (bicyclic) bond motifs is 2. The molecule has 0 aromatic rings. The lowest BCUT2D eigenvalue weighted by atomic mass is 9.97. The summed E-state index contributed by atoms with van der Waals surface area (Å²) in [5.41, 5.74) is 4.98. The summed E-state index contributed by atoms with van der Waals surface area (Å²) < 4.78 is 4.84. The van der Waals surface area contributed by atoms with Crippen molar-refractivity contribution in [3.8, 4) is 0 Å². The number of hydrogen-bond donors (Lipinski definition) is 2. The normalized spacial score (nSPS) is 31.5. The molecular weight excluding hydrogens is 230 g/mol. The Morgan fingerprint density at radius 3 is 2.61 bits per heavy atom. The summed E-state index contributed by atoms with van der Waals surface area (Å²) in [6.45, 7) is 4.58. The summed E-state index contributed by atoms with van der Waals surface area (Å²) in [6, 6.07) is 2.00. The Bertz CT molecular complexity index is 271. The number of hydrogen-bond acceptors (Lipinski definition) is 4. The number of nitrogens with zero attached hydrogens (tertiary/aromatic N) is 1. The number of carbonyl (C=O) groups excluding carboxylic acids is 1. The van der Waals surface area contributed by atoms with E-state index in [-0.39, 0.29) is 0 Å². The zero-order chi connectivity index (χ0) is 13.0. The molecule has 2 bridgehead atoms. The van der Waals surface area contributed by atoms with E-state index < -0.39 is 6.09 Å². The number of nitrogens with one attached hydrogen (secondary N) is 1. The van der Waals surface area contributed by atoms with Gasteiger partial charge in [-0.15, -0.1) is 0 Å². The van der Waals surface area contributed by atoms with Crippen LogP contribution < -0.4 is 11.1 Å². The number of carbonyl (C=O) groups is 1. The van der Waals surface area contributed by atoms with E-state index in [0.29, 0.717) is 24.7 Å². The molecule has 1 amide bonds. The number of nitrogens with two attached hydrogens (primary N) is 1. The Morgan fingerprint density at radius 2 is 2.06 bits per heavy atom. The first-order valence-electron chi connectivity index (χ1n) is 7.12. The van der Waals surface area contributed by atoms with Crippen LogP contribution in [0.4, 0.5) is 4.79 Å². The SMILES string of the molecule is CCCNC1CC2CCC(C1)N2CCOC(N)=O. The van der Waals surface area contributed by atoms with Crippen molar-refractivity contribution < 1.29 is 9.53 Å². The summed E-state index contributed by atoms with van der Waals surface area (Å²) >= 11 is 0. The third-order valence-corrected chi connectivity index (χ3v) is 4.16. The highest BCUT2D eigenvalue weighted by Gasteiger charge is 2.40. The molecule has 2 unspecified atom stereocenters. The van der Waals surface area contributed by atoms with E-state index >= 15 is 0 Å². The summed E-state index contributed by atoms with van der Waals surface area (Å²) in [5, 5.41) is 3.63. The fourth-order valence-electron chi connectivity index (χ4n) is 3.41. The molecule has 0 saturated carbocycles. The van der Waals surface area contributed by atoms with Gasteiger partial charge in [-0.1, -0.05) is 6.92 Å². The quantitative estimate of drug-likeness (QED) is 0.745. The van der Waals surface area contributed by atoms with Gasteiger partial charge in [0, 0.05) is 24.7 Å². The van der Waals surface area contributed by atoms with E-state index in [1.165, 1.54) is 32.1 Å². The lowest BCUT2D eigenvalue weighted by Gasteiger charge is -2.39. The van der Waals surface area contributed by atoms with Gasteiger partial charge >= 0.3 is 6.09 Å². The molecule has 2 heterocycles. The average Bonchev–Trinajstić information content (AvgIpc) is 2.59. The topological polar surface area (TPSA) is 67.6 Å². The van der Waals surface area contributed by atoms with Gasteiger partial charge in [0.2, 0.25) is 0 Å². The van der Waals surface area contributed by atoms with Crippen LogP contribution in [0, 0.1) is 0 Å². The number of ether oxygens (including phenoxy) is 1. The van der Waals surface area contributed by atoms with Crippen molar-refractivity contribution in [2.75, 3.05) is 19.7 Å². The van der Waals surface area contributed by atoms with E-state index in [2.05, 4.69) is 17.1 Å². The standard InChI is InChI=1S/C13H25N3O2/c1-2-5-15-10-8-11-3-4-12(9-10)16(11)6-7-18-13(14)17/h10-12,15H,2-9H2,1H3,(H2,14,17). The number of amides is 1. The van der Waals surface area contributed by atoms with Gasteiger partial charge in [-0.3, -0.25) is 4.90 Å². The minimum atomic E-state index is -0.665. The molecule has 0 radical (unpaired) electrons. The van der Waals surface area contributed by atoms with Crippen molar-refractivity contribution in [3.05, 3.63) is 0 Å². The molecule has 2 rings (SSSR count). The van der Waals surface area contributed by atoms with Crippen LogP contribution in [0.5, 0.6) is 0 Å². The largest absolute Gasteiger partial charge is 0.448 e. The van der Waals surface area contributed by atoms with Gasteiger partial charge in [0.25, 0.3) is 0 Å². The third kappa shape index (κ3) is 3.36. The van der Waals surface area contributed by atoms with Crippen molar-refractivity contribution in [2.24, 2.45) is 5.73 Å². The maximum absolute atomic E-state index is 10.6. The second-order valence-electron chi connectivity index (χ2n) is 5.41. The van der Waals surface area contributed by atoms with Gasteiger partial charge in [-0.05, 0) is 38.6 Å². The van der Waals surface area contributed by atoms with Crippen LogP contribution in [0.3, 0.4) is 0 Å². The predicted molar refractivity (Wildman–Crippen MR) is 70.4 cm³/mol. The van der Waals surface area contributed by atoms with E-state index in [0.717, 1.165) is 13.1 Å². The molecule has 3 N–H and O–H groups in total. The van der Waals surface area contributed by atoms with Crippen molar-refractivity contribution in [2.45, 2.75) is 57.2 Å². The van der Waals surface area contributed by atoms with Crippen LogP contribution in [-0.4, -0.2) is 48.8 Å². The van der Waals surface area contributed by atoms with Gasteiger partial charge in [-0.2, -0.15) is 0 Å². The minimum absolute atomic E-state index is 0.426.